The molecule has 0 aliphatic carbocycles. The van der Waals surface area contributed by atoms with Crippen molar-refractivity contribution >= 4 is 32.5 Å². The summed E-state index contributed by atoms with van der Waals surface area (Å²) in [5.41, 5.74) is 1.27. The van der Waals surface area contributed by atoms with E-state index in [0.29, 0.717) is 16.0 Å². The van der Waals surface area contributed by atoms with Gasteiger partial charge in [-0.15, -0.1) is 0 Å². The number of nitrogens with zero attached hydrogens (tertiary/aromatic N) is 3. The van der Waals surface area contributed by atoms with E-state index >= 15 is 0 Å². The first-order chi connectivity index (χ1) is 12.7. The summed E-state index contributed by atoms with van der Waals surface area (Å²) in [5.74, 6) is 0. The second kappa shape index (κ2) is 7.12. The molecular weight excluding hydrogens is 388 g/mol. The molecule has 0 spiro atoms. The lowest BCUT2D eigenvalue weighted by atomic mass is 10.2. The van der Waals surface area contributed by atoms with Gasteiger partial charge in [0.15, 0.2) is 0 Å². The molecule has 0 unspecified atom stereocenters. The first kappa shape index (κ1) is 19.1. The zero-order chi connectivity index (χ0) is 19.7. The SMILES string of the molecule is CC(C)N1N=Cc2ccccc2S1(=O)=O.O=S1(=O)NN=Cc2ccccc21. The maximum atomic E-state index is 12.1. The fraction of sp³-hybridized carbons (Fsp3) is 0.176. The number of sulfonamides is 2. The van der Waals surface area contributed by atoms with Gasteiger partial charge < -0.3 is 0 Å². The first-order valence-corrected chi connectivity index (χ1v) is 11.0. The maximum absolute atomic E-state index is 12.1. The van der Waals surface area contributed by atoms with Gasteiger partial charge in [0.1, 0.15) is 0 Å². The average Bonchev–Trinajstić information content (AvgIpc) is 2.62. The minimum atomic E-state index is -3.45. The molecular formula is C17H18N4O4S2. The minimum absolute atomic E-state index is 0.167. The third-order valence-corrected chi connectivity index (χ3v) is 7.01. The summed E-state index contributed by atoms with van der Waals surface area (Å²) in [6, 6.07) is 13.4. The normalized spacial score (nSPS) is 18.0. The summed E-state index contributed by atoms with van der Waals surface area (Å²) in [4.78, 5) is 2.66. The van der Waals surface area contributed by atoms with Crippen LogP contribution in [0, 0.1) is 0 Å². The monoisotopic (exact) mass is 406 g/mol. The lowest BCUT2D eigenvalue weighted by molar-refractivity contribution is 0.369. The number of hydrogen-bond acceptors (Lipinski definition) is 6. The standard InChI is InChI=1S/C10H12N2O2S.C7H6N2O2S/c1-8(2)12-11-7-9-5-3-4-6-10(9)15(12,13)14;10-12(11)7-4-2-1-3-6(7)5-8-9-12/h3-8H,1-2H3;1-5,9H. The molecule has 0 saturated heterocycles. The Balaban J connectivity index is 0.000000159. The van der Waals surface area contributed by atoms with E-state index in [9.17, 15) is 16.8 Å². The van der Waals surface area contributed by atoms with Gasteiger partial charge in [-0.05, 0) is 26.0 Å². The Morgan fingerprint density at radius 1 is 0.852 bits per heavy atom. The number of hydrazone groups is 2. The van der Waals surface area contributed by atoms with Crippen LogP contribution >= 0.6 is 0 Å². The summed E-state index contributed by atoms with van der Waals surface area (Å²) in [6.45, 7) is 3.59. The summed E-state index contributed by atoms with van der Waals surface area (Å²) >= 11 is 0. The molecule has 2 aromatic carbocycles. The molecule has 2 aliphatic heterocycles. The van der Waals surface area contributed by atoms with Crippen LogP contribution in [0.4, 0.5) is 0 Å². The summed E-state index contributed by atoms with van der Waals surface area (Å²) < 4.78 is 47.7. The van der Waals surface area contributed by atoms with E-state index in [2.05, 4.69) is 15.0 Å². The fourth-order valence-corrected chi connectivity index (χ4v) is 5.14. The topological polar surface area (TPSA) is 108 Å². The van der Waals surface area contributed by atoms with Gasteiger partial charge in [-0.1, -0.05) is 36.4 Å². The van der Waals surface area contributed by atoms with E-state index in [4.69, 9.17) is 0 Å². The molecule has 0 fully saturated rings. The highest BCUT2D eigenvalue weighted by Gasteiger charge is 2.30. The van der Waals surface area contributed by atoms with Crippen LogP contribution in [-0.2, 0) is 20.0 Å². The summed E-state index contributed by atoms with van der Waals surface area (Å²) in [5, 5.41) is 7.45. The van der Waals surface area contributed by atoms with E-state index in [0.717, 1.165) is 4.41 Å². The zero-order valence-corrected chi connectivity index (χ0v) is 16.3. The van der Waals surface area contributed by atoms with Crippen LogP contribution in [-0.4, -0.2) is 39.7 Å². The molecule has 0 saturated carbocycles. The van der Waals surface area contributed by atoms with Gasteiger partial charge in [-0.25, -0.2) is 4.83 Å². The Bertz CT molecular complexity index is 1120. The fourth-order valence-electron chi connectivity index (χ4n) is 2.56. The molecule has 10 heteroatoms. The van der Waals surface area contributed by atoms with Crippen molar-refractivity contribution in [3.05, 3.63) is 59.7 Å². The lowest BCUT2D eigenvalue weighted by Crippen LogP contribution is -2.35. The molecule has 0 atom stereocenters. The second-order valence-corrected chi connectivity index (χ2v) is 9.44. The molecule has 0 radical (unpaired) electrons. The molecule has 2 heterocycles. The van der Waals surface area contributed by atoms with Crippen LogP contribution in [0.5, 0.6) is 0 Å². The first-order valence-electron chi connectivity index (χ1n) is 8.05. The molecule has 2 aliphatic rings. The van der Waals surface area contributed by atoms with Gasteiger partial charge in [-0.2, -0.15) is 31.5 Å². The van der Waals surface area contributed by atoms with Crippen molar-refractivity contribution < 1.29 is 16.8 Å². The Kier molecular flexibility index (Phi) is 5.03. The van der Waals surface area contributed by atoms with Crippen molar-refractivity contribution in [1.82, 2.24) is 9.25 Å². The third-order valence-electron chi connectivity index (χ3n) is 3.78. The van der Waals surface area contributed by atoms with Crippen LogP contribution < -0.4 is 4.83 Å². The predicted octanol–water partition coefficient (Wildman–Crippen LogP) is 1.75. The number of nitrogens with one attached hydrogen (secondary N) is 1. The van der Waals surface area contributed by atoms with Crippen molar-refractivity contribution in [3.63, 3.8) is 0 Å². The Morgan fingerprint density at radius 2 is 1.41 bits per heavy atom. The number of benzene rings is 2. The molecule has 0 bridgehead atoms. The van der Waals surface area contributed by atoms with E-state index in [1.54, 1.807) is 68.6 Å². The molecule has 0 amide bonds. The summed E-state index contributed by atoms with van der Waals surface area (Å²) in [7, 11) is -6.84. The molecule has 0 aromatic heterocycles. The molecule has 2 aromatic rings. The number of hydrogen-bond donors (Lipinski definition) is 1. The number of fused-ring (bicyclic) bond motifs is 2. The van der Waals surface area contributed by atoms with Crippen molar-refractivity contribution in [2.24, 2.45) is 10.2 Å². The van der Waals surface area contributed by atoms with Crippen LogP contribution in [0.25, 0.3) is 0 Å². The van der Waals surface area contributed by atoms with Crippen LogP contribution in [0.2, 0.25) is 0 Å². The van der Waals surface area contributed by atoms with Crippen LogP contribution in [0.15, 0.2) is 68.5 Å². The Hall–Kier alpha value is -2.72. The number of rotatable bonds is 1. The third kappa shape index (κ3) is 3.71. The van der Waals surface area contributed by atoms with Crippen molar-refractivity contribution in [2.45, 2.75) is 29.7 Å². The van der Waals surface area contributed by atoms with Gasteiger partial charge in [0, 0.05) is 11.1 Å². The van der Waals surface area contributed by atoms with E-state index < -0.39 is 20.0 Å². The van der Waals surface area contributed by atoms with Gasteiger partial charge in [0.2, 0.25) is 0 Å². The molecule has 27 heavy (non-hydrogen) atoms. The lowest BCUT2D eigenvalue weighted by Gasteiger charge is -2.26. The van der Waals surface area contributed by atoms with Gasteiger partial charge in [0.05, 0.1) is 28.3 Å². The smallest absolute Gasteiger partial charge is 0.200 e. The second-order valence-electron chi connectivity index (χ2n) is 6.04. The van der Waals surface area contributed by atoms with Gasteiger partial charge in [0.25, 0.3) is 20.0 Å². The molecule has 1 N–H and O–H groups in total. The minimum Gasteiger partial charge on any atom is -0.200 e. The highest BCUT2D eigenvalue weighted by Crippen LogP contribution is 2.24. The van der Waals surface area contributed by atoms with Crippen molar-refractivity contribution in [2.75, 3.05) is 0 Å². The van der Waals surface area contributed by atoms with E-state index in [-0.39, 0.29) is 10.9 Å². The highest BCUT2D eigenvalue weighted by molar-refractivity contribution is 7.89. The highest BCUT2D eigenvalue weighted by atomic mass is 32.2. The Labute approximate surface area is 158 Å². The maximum Gasteiger partial charge on any atom is 0.279 e. The van der Waals surface area contributed by atoms with Crippen LogP contribution in [0.3, 0.4) is 0 Å². The largest absolute Gasteiger partial charge is 0.279 e. The van der Waals surface area contributed by atoms with Gasteiger partial charge >= 0.3 is 0 Å². The van der Waals surface area contributed by atoms with Crippen molar-refractivity contribution in [3.8, 4) is 0 Å². The quantitative estimate of drug-likeness (QED) is 0.778. The zero-order valence-electron chi connectivity index (χ0n) is 14.6. The summed E-state index contributed by atoms with van der Waals surface area (Å²) in [6.07, 6.45) is 3.06. The van der Waals surface area contributed by atoms with E-state index in [1.165, 1.54) is 6.21 Å². The average molecular weight is 406 g/mol. The Morgan fingerprint density at radius 3 is 2.00 bits per heavy atom. The molecule has 4 rings (SSSR count). The van der Waals surface area contributed by atoms with E-state index in [1.807, 2.05) is 0 Å². The predicted molar refractivity (Wildman–Crippen MR) is 103 cm³/mol. The van der Waals surface area contributed by atoms with Gasteiger partial charge in [-0.3, -0.25) is 0 Å². The van der Waals surface area contributed by atoms with Crippen LogP contribution in [0.1, 0.15) is 25.0 Å². The molecule has 142 valence electrons. The van der Waals surface area contributed by atoms with Crippen molar-refractivity contribution in [1.29, 1.82) is 0 Å². The molecule has 8 nitrogen and oxygen atoms in total.